The summed E-state index contributed by atoms with van der Waals surface area (Å²) < 4.78 is 23.2. The summed E-state index contributed by atoms with van der Waals surface area (Å²) in [5, 5.41) is 6.49. The Hall–Kier alpha value is -1.86. The van der Waals surface area contributed by atoms with Gasteiger partial charge in [-0.25, -0.2) is 0 Å². The lowest BCUT2D eigenvalue weighted by molar-refractivity contribution is -0.121. The molecule has 11 nitrogen and oxygen atoms in total. The zero-order valence-electron chi connectivity index (χ0n) is 28.6. The molecule has 0 unspecified atom stereocenters. The third-order valence-corrected chi connectivity index (χ3v) is 11.5. The van der Waals surface area contributed by atoms with Gasteiger partial charge in [0.2, 0.25) is 11.9 Å². The maximum Gasteiger partial charge on any atom is 0.500 e. The molecule has 1 aromatic rings. The molecule has 1 saturated heterocycles. The molecule has 0 spiro atoms. The third kappa shape index (κ3) is 14.1. The van der Waals surface area contributed by atoms with Crippen molar-refractivity contribution in [1.82, 2.24) is 24.8 Å². The summed E-state index contributed by atoms with van der Waals surface area (Å²) in [5.41, 5.74) is 0. The van der Waals surface area contributed by atoms with Gasteiger partial charge in [-0.2, -0.15) is 4.98 Å². The van der Waals surface area contributed by atoms with Gasteiger partial charge in [-0.15, -0.1) is 9.97 Å². The third-order valence-electron chi connectivity index (χ3n) is 8.69. The van der Waals surface area contributed by atoms with E-state index in [1.807, 2.05) is 6.92 Å². The van der Waals surface area contributed by atoms with Crippen LogP contribution in [-0.4, -0.2) is 90.3 Å². The van der Waals surface area contributed by atoms with Gasteiger partial charge in [0.1, 0.15) is 0 Å². The number of rotatable bonds is 26. The number of hydrogen-bond acceptors (Lipinski definition) is 9. The highest BCUT2D eigenvalue weighted by Gasteiger charge is 2.38. The van der Waals surface area contributed by atoms with E-state index in [1.54, 1.807) is 21.3 Å². The fourth-order valence-corrected chi connectivity index (χ4v) is 7.71. The zero-order valence-corrected chi connectivity index (χ0v) is 29.6. The summed E-state index contributed by atoms with van der Waals surface area (Å²) in [4.78, 5) is 26.4. The van der Waals surface area contributed by atoms with E-state index in [1.165, 1.54) is 64.2 Å². The van der Waals surface area contributed by atoms with Gasteiger partial charge in [0, 0.05) is 46.9 Å². The number of hydrogen-bond donors (Lipinski definition) is 2. The lowest BCUT2D eigenvalue weighted by Gasteiger charge is -2.38. The number of likely N-dealkylation sites (tertiary alicyclic amines) is 1. The highest BCUT2D eigenvalue weighted by atomic mass is 28.4. The molecule has 44 heavy (non-hydrogen) atoms. The summed E-state index contributed by atoms with van der Waals surface area (Å²) in [6.45, 7) is 9.26. The Morgan fingerprint density at radius 3 is 2.11 bits per heavy atom. The van der Waals surface area contributed by atoms with Gasteiger partial charge in [-0.3, -0.25) is 9.28 Å². The minimum absolute atomic E-state index is 0.213. The normalized spacial score (nSPS) is 14.8. The summed E-state index contributed by atoms with van der Waals surface area (Å²) in [6.07, 6.45) is 18.0. The maximum atomic E-state index is 12.1. The van der Waals surface area contributed by atoms with Crippen LogP contribution < -0.4 is 19.9 Å². The molecule has 1 amide bonds. The van der Waals surface area contributed by atoms with Crippen LogP contribution in [0.1, 0.15) is 117 Å². The molecule has 2 heterocycles. The number of anilines is 1. The number of nitrogens with one attached hydrogen (secondary N) is 2. The van der Waals surface area contributed by atoms with Crippen molar-refractivity contribution in [2.75, 3.05) is 66.0 Å². The number of ether oxygens (including phenoxy) is 1. The molecule has 0 aromatic carbocycles. The van der Waals surface area contributed by atoms with E-state index in [9.17, 15) is 4.79 Å². The molecule has 1 aromatic heterocycles. The molecule has 1 aliphatic rings. The second-order valence-corrected chi connectivity index (χ2v) is 15.1. The van der Waals surface area contributed by atoms with Crippen LogP contribution in [0.5, 0.6) is 6.01 Å². The number of carbonyl (C=O) groups is 1. The van der Waals surface area contributed by atoms with Crippen LogP contribution in [0.15, 0.2) is 0 Å². The molecule has 0 bridgehead atoms. The SMILES string of the molecule is CCCCCCCCC(=O)NCCCCCCC[N+]1(c2nc(NCCC[Si](OC)(OC)OC)nc(OCC)n2)CCCCC1. The van der Waals surface area contributed by atoms with Crippen molar-refractivity contribution in [3.05, 3.63) is 0 Å². The fraction of sp³-hybridized carbons (Fsp3) is 0.875. The molecule has 2 rings (SSSR count). The van der Waals surface area contributed by atoms with Gasteiger partial charge >= 0.3 is 20.8 Å². The number of unbranched alkanes of at least 4 members (excludes halogenated alkanes) is 9. The van der Waals surface area contributed by atoms with Crippen molar-refractivity contribution in [2.24, 2.45) is 0 Å². The average molecular weight is 640 g/mol. The second kappa shape index (κ2) is 22.6. The Morgan fingerprint density at radius 1 is 0.773 bits per heavy atom. The highest BCUT2D eigenvalue weighted by molar-refractivity contribution is 6.60. The van der Waals surface area contributed by atoms with E-state index in [0.29, 0.717) is 37.6 Å². The maximum absolute atomic E-state index is 12.1. The first-order valence-corrected chi connectivity index (χ1v) is 19.3. The average Bonchev–Trinajstić information content (AvgIpc) is 3.05. The van der Waals surface area contributed by atoms with Gasteiger partial charge < -0.3 is 28.6 Å². The first-order valence-electron chi connectivity index (χ1n) is 17.4. The van der Waals surface area contributed by atoms with Crippen molar-refractivity contribution < 1.29 is 22.8 Å². The monoisotopic (exact) mass is 639 g/mol. The Bertz CT molecular complexity index is 894. The van der Waals surface area contributed by atoms with E-state index in [4.69, 9.17) is 28.0 Å². The van der Waals surface area contributed by atoms with Gasteiger partial charge in [0.05, 0.1) is 26.2 Å². The molecule has 1 aliphatic heterocycles. The van der Waals surface area contributed by atoms with Crippen molar-refractivity contribution in [3.63, 3.8) is 0 Å². The first-order chi connectivity index (χ1) is 21.5. The van der Waals surface area contributed by atoms with Crippen molar-refractivity contribution in [3.8, 4) is 6.01 Å². The quantitative estimate of drug-likeness (QED) is 0.0688. The molecular weight excluding hydrogens is 576 g/mol. The van der Waals surface area contributed by atoms with Gasteiger partial charge in [0.25, 0.3) is 0 Å². The number of amides is 1. The lowest BCUT2D eigenvalue weighted by atomic mass is 10.1. The minimum atomic E-state index is -2.61. The van der Waals surface area contributed by atoms with Crippen molar-refractivity contribution >= 4 is 26.6 Å². The molecule has 2 N–H and O–H groups in total. The van der Waals surface area contributed by atoms with E-state index in [-0.39, 0.29) is 5.91 Å². The standard InChI is InChI=1S/C32H62N6O5Si/c1-6-8-9-10-12-16-22-29(39)33-23-17-13-11-14-18-25-38(26-19-15-20-27-38)31-35-30(36-32(37-31)43-7-2)34-24-21-28-44(40-3,41-4)42-5/h6-28H2,1-5H3,(H-,33,34,35,36,37,39)/p+1. The van der Waals surface area contributed by atoms with Crippen LogP contribution in [0.4, 0.5) is 11.9 Å². The largest absolute Gasteiger partial charge is 0.500 e. The predicted molar refractivity (Wildman–Crippen MR) is 180 cm³/mol. The van der Waals surface area contributed by atoms with E-state index in [0.717, 1.165) is 68.7 Å². The molecule has 12 heteroatoms. The highest BCUT2D eigenvalue weighted by Crippen LogP contribution is 2.29. The zero-order chi connectivity index (χ0) is 31.9. The molecular formula is C32H63N6O5Si+. The van der Waals surface area contributed by atoms with E-state index >= 15 is 0 Å². The second-order valence-electron chi connectivity index (χ2n) is 12.0. The molecule has 0 atom stereocenters. The number of piperidine rings is 1. The van der Waals surface area contributed by atoms with Crippen LogP contribution >= 0.6 is 0 Å². The topological polar surface area (TPSA) is 117 Å². The first kappa shape index (κ1) is 38.3. The molecule has 254 valence electrons. The summed E-state index contributed by atoms with van der Waals surface area (Å²) in [7, 11) is 2.30. The number of aromatic nitrogens is 3. The molecule has 0 saturated carbocycles. The Morgan fingerprint density at radius 2 is 1.43 bits per heavy atom. The van der Waals surface area contributed by atoms with Gasteiger partial charge in [-0.1, -0.05) is 51.9 Å². The fourth-order valence-electron chi connectivity index (χ4n) is 5.98. The summed E-state index contributed by atoms with van der Waals surface area (Å²) in [5.74, 6) is 1.58. The van der Waals surface area contributed by atoms with E-state index < -0.39 is 8.80 Å². The minimum Gasteiger partial charge on any atom is -0.464 e. The lowest BCUT2D eigenvalue weighted by Crippen LogP contribution is -2.54. The van der Waals surface area contributed by atoms with Crippen LogP contribution in [0.2, 0.25) is 6.04 Å². The molecule has 1 fully saturated rings. The van der Waals surface area contributed by atoms with Crippen LogP contribution in [-0.2, 0) is 18.1 Å². The van der Waals surface area contributed by atoms with Crippen LogP contribution in [0.3, 0.4) is 0 Å². The number of carbonyl (C=O) groups excluding carboxylic acids is 1. The smallest absolute Gasteiger partial charge is 0.464 e. The Balaban J connectivity index is 1.82. The predicted octanol–water partition coefficient (Wildman–Crippen LogP) is 6.26. The van der Waals surface area contributed by atoms with E-state index in [2.05, 4.69) is 22.5 Å². The molecule has 0 aliphatic carbocycles. The van der Waals surface area contributed by atoms with Crippen LogP contribution in [0.25, 0.3) is 0 Å². The Labute approximate surface area is 268 Å². The van der Waals surface area contributed by atoms with Crippen molar-refractivity contribution in [2.45, 2.75) is 123 Å². The van der Waals surface area contributed by atoms with Crippen LogP contribution in [0, 0.1) is 0 Å². The summed E-state index contributed by atoms with van der Waals surface area (Å²) in [6, 6.07) is 1.08. The van der Waals surface area contributed by atoms with Crippen molar-refractivity contribution in [1.29, 1.82) is 0 Å². The van der Waals surface area contributed by atoms with Gasteiger partial charge in [-0.05, 0) is 58.3 Å². The Kier molecular flexibility index (Phi) is 19.7. The number of nitrogens with zero attached hydrogens (tertiary/aromatic N) is 4. The van der Waals surface area contributed by atoms with Gasteiger partial charge in [0.15, 0.2) is 0 Å². The summed E-state index contributed by atoms with van der Waals surface area (Å²) >= 11 is 0. The number of quaternary nitrogens is 1. The molecule has 0 radical (unpaired) electrons.